The van der Waals surface area contributed by atoms with E-state index in [-0.39, 0.29) is 24.9 Å². The number of rotatable bonds is 8. The molecule has 0 aromatic heterocycles. The molecule has 29 heavy (non-hydrogen) atoms. The van der Waals surface area contributed by atoms with Gasteiger partial charge in [0.15, 0.2) is 0 Å². The van der Waals surface area contributed by atoms with Crippen LogP contribution in [0.2, 0.25) is 0 Å². The Morgan fingerprint density at radius 2 is 1.59 bits per heavy atom. The first-order chi connectivity index (χ1) is 13.5. The van der Waals surface area contributed by atoms with E-state index in [4.69, 9.17) is 0 Å². The zero-order valence-corrected chi connectivity index (χ0v) is 19.1. The van der Waals surface area contributed by atoms with Crippen molar-refractivity contribution in [1.82, 2.24) is 5.32 Å². The van der Waals surface area contributed by atoms with Gasteiger partial charge in [-0.05, 0) is 69.4 Å². The fourth-order valence-electron chi connectivity index (χ4n) is 3.45. The number of hydrogen-bond donors (Lipinski definition) is 1. The maximum Gasteiger partial charge on any atom is 0.232 e. The van der Waals surface area contributed by atoms with Crippen LogP contribution in [0.25, 0.3) is 0 Å². The molecule has 1 atom stereocenters. The lowest BCUT2D eigenvalue weighted by molar-refractivity contribution is -0.121. The fraction of sp³-hybridized carbons (Fsp3) is 0.435. The quantitative estimate of drug-likeness (QED) is 0.696. The number of carbonyl (C=O) groups excluding carboxylic acids is 1. The molecule has 0 radical (unpaired) electrons. The van der Waals surface area contributed by atoms with Gasteiger partial charge in [-0.15, -0.1) is 0 Å². The molecule has 0 bridgehead atoms. The lowest BCUT2D eigenvalue weighted by Gasteiger charge is -2.25. The van der Waals surface area contributed by atoms with Gasteiger partial charge in [0, 0.05) is 13.0 Å². The molecule has 6 heteroatoms. The average molecular weight is 417 g/mol. The molecule has 1 N–H and O–H groups in total. The van der Waals surface area contributed by atoms with Gasteiger partial charge in [-0.1, -0.05) is 35.9 Å². The molecule has 0 saturated heterocycles. The van der Waals surface area contributed by atoms with Crippen LogP contribution in [0.3, 0.4) is 0 Å². The van der Waals surface area contributed by atoms with E-state index in [0.29, 0.717) is 12.1 Å². The summed E-state index contributed by atoms with van der Waals surface area (Å²) in [5, 5.41) is 3.03. The van der Waals surface area contributed by atoms with E-state index in [2.05, 4.69) is 23.5 Å². The Labute approximate surface area is 175 Å². The van der Waals surface area contributed by atoms with E-state index in [1.807, 2.05) is 52.8 Å². The van der Waals surface area contributed by atoms with Crippen molar-refractivity contribution in [2.75, 3.05) is 17.1 Å². The highest BCUT2D eigenvalue weighted by molar-refractivity contribution is 7.92. The van der Waals surface area contributed by atoms with Gasteiger partial charge in [0.1, 0.15) is 0 Å². The van der Waals surface area contributed by atoms with Crippen LogP contribution in [0.15, 0.2) is 36.4 Å². The molecule has 158 valence electrons. The number of carbonyl (C=O) groups is 1. The second-order valence-corrected chi connectivity index (χ2v) is 9.78. The summed E-state index contributed by atoms with van der Waals surface area (Å²) in [4.78, 5) is 12.4. The molecule has 2 aromatic rings. The third-order valence-electron chi connectivity index (χ3n) is 5.08. The monoisotopic (exact) mass is 416 g/mol. The number of aryl methyl sites for hydroxylation is 4. The summed E-state index contributed by atoms with van der Waals surface area (Å²) in [7, 11) is -3.43. The van der Waals surface area contributed by atoms with E-state index in [9.17, 15) is 13.2 Å². The van der Waals surface area contributed by atoms with Gasteiger partial charge in [-0.3, -0.25) is 9.10 Å². The first kappa shape index (κ1) is 22.9. The van der Waals surface area contributed by atoms with Crippen molar-refractivity contribution < 1.29 is 13.2 Å². The molecule has 0 heterocycles. The minimum atomic E-state index is -3.43. The summed E-state index contributed by atoms with van der Waals surface area (Å²) >= 11 is 0. The summed E-state index contributed by atoms with van der Waals surface area (Å²) in [5.74, 6) is -0.0761. The predicted octanol–water partition coefficient (Wildman–Crippen LogP) is 4.34. The summed E-state index contributed by atoms with van der Waals surface area (Å²) in [6, 6.07) is 11.9. The molecule has 0 fully saturated rings. The maximum absolute atomic E-state index is 12.4. The largest absolute Gasteiger partial charge is 0.350 e. The molecule has 0 saturated carbocycles. The second kappa shape index (κ2) is 9.44. The number of nitrogens with zero attached hydrogens (tertiary/aromatic N) is 1. The Morgan fingerprint density at radius 1 is 1.00 bits per heavy atom. The molecule has 0 aliphatic rings. The van der Waals surface area contributed by atoms with E-state index in [1.54, 1.807) is 0 Å². The highest BCUT2D eigenvalue weighted by Gasteiger charge is 2.20. The maximum atomic E-state index is 12.4. The Bertz CT molecular complexity index is 984. The van der Waals surface area contributed by atoms with Gasteiger partial charge in [0.05, 0.1) is 18.0 Å². The van der Waals surface area contributed by atoms with E-state index in [1.165, 1.54) is 10.6 Å². The van der Waals surface area contributed by atoms with Crippen molar-refractivity contribution in [3.05, 3.63) is 64.2 Å². The molecular weight excluding hydrogens is 384 g/mol. The van der Waals surface area contributed by atoms with Crippen LogP contribution in [0.5, 0.6) is 0 Å². The molecule has 5 nitrogen and oxygen atoms in total. The molecule has 0 aliphatic carbocycles. The van der Waals surface area contributed by atoms with Crippen LogP contribution in [0.4, 0.5) is 5.69 Å². The van der Waals surface area contributed by atoms with Crippen molar-refractivity contribution >= 4 is 21.6 Å². The SMILES string of the molecule is Cc1ccc(C)c([C@H](C)NC(=O)CCCN(c2cc(C)ccc2C)S(C)(=O)=O)c1. The van der Waals surface area contributed by atoms with Crippen molar-refractivity contribution in [3.8, 4) is 0 Å². The lowest BCUT2D eigenvalue weighted by atomic mass is 10.00. The highest BCUT2D eigenvalue weighted by Crippen LogP contribution is 2.24. The Balaban J connectivity index is 2.01. The number of amides is 1. The highest BCUT2D eigenvalue weighted by atomic mass is 32.2. The minimum Gasteiger partial charge on any atom is -0.350 e. The number of nitrogens with one attached hydrogen (secondary N) is 1. The van der Waals surface area contributed by atoms with Gasteiger partial charge < -0.3 is 5.32 Å². The zero-order chi connectivity index (χ0) is 21.8. The lowest BCUT2D eigenvalue weighted by Crippen LogP contribution is -2.33. The molecule has 0 aliphatic heterocycles. The third kappa shape index (κ3) is 6.32. The molecular formula is C23H32N2O3S. The van der Waals surface area contributed by atoms with Gasteiger partial charge in [-0.2, -0.15) is 0 Å². The molecule has 2 aromatic carbocycles. The average Bonchev–Trinajstić information content (AvgIpc) is 2.62. The summed E-state index contributed by atoms with van der Waals surface area (Å²) < 4.78 is 26.1. The van der Waals surface area contributed by atoms with Crippen LogP contribution in [-0.4, -0.2) is 27.1 Å². The van der Waals surface area contributed by atoms with Crippen LogP contribution in [-0.2, 0) is 14.8 Å². The standard InChI is InChI=1S/C23H32N2O3S/c1-16-9-11-18(3)21(14-16)20(5)24-23(26)8-7-13-25(29(6,27)28)22-15-17(2)10-12-19(22)4/h9-12,14-15,20H,7-8,13H2,1-6H3,(H,24,26)/t20-/m0/s1. The topological polar surface area (TPSA) is 66.5 Å². The second-order valence-electron chi connectivity index (χ2n) is 7.88. The fourth-order valence-corrected chi connectivity index (χ4v) is 4.47. The smallest absolute Gasteiger partial charge is 0.232 e. The van der Waals surface area contributed by atoms with Gasteiger partial charge in [-0.25, -0.2) is 8.42 Å². The van der Waals surface area contributed by atoms with Gasteiger partial charge >= 0.3 is 0 Å². The van der Waals surface area contributed by atoms with Crippen molar-refractivity contribution in [1.29, 1.82) is 0 Å². The Morgan fingerprint density at radius 3 is 2.21 bits per heavy atom. The molecule has 0 spiro atoms. The van der Waals surface area contributed by atoms with Crippen LogP contribution < -0.4 is 9.62 Å². The first-order valence-electron chi connectivity index (χ1n) is 9.90. The normalized spacial score (nSPS) is 12.5. The third-order valence-corrected chi connectivity index (χ3v) is 6.26. The summed E-state index contributed by atoms with van der Waals surface area (Å²) in [6.45, 7) is 10.1. The van der Waals surface area contributed by atoms with Crippen LogP contribution in [0, 0.1) is 27.7 Å². The van der Waals surface area contributed by atoms with Gasteiger partial charge in [0.25, 0.3) is 0 Å². The number of hydrogen-bond acceptors (Lipinski definition) is 3. The summed E-state index contributed by atoms with van der Waals surface area (Å²) in [5.41, 5.74) is 5.97. The predicted molar refractivity (Wildman–Crippen MR) is 120 cm³/mol. The van der Waals surface area contributed by atoms with Crippen molar-refractivity contribution in [2.45, 2.75) is 53.5 Å². The van der Waals surface area contributed by atoms with Crippen LogP contribution >= 0.6 is 0 Å². The van der Waals surface area contributed by atoms with E-state index in [0.717, 1.165) is 27.8 Å². The van der Waals surface area contributed by atoms with E-state index >= 15 is 0 Å². The number of sulfonamides is 1. The van der Waals surface area contributed by atoms with Crippen molar-refractivity contribution in [2.24, 2.45) is 0 Å². The first-order valence-corrected chi connectivity index (χ1v) is 11.8. The Hall–Kier alpha value is -2.34. The minimum absolute atomic E-state index is 0.0761. The molecule has 1 amide bonds. The Kier molecular flexibility index (Phi) is 7.47. The number of benzene rings is 2. The number of anilines is 1. The van der Waals surface area contributed by atoms with E-state index < -0.39 is 10.0 Å². The zero-order valence-electron chi connectivity index (χ0n) is 18.2. The van der Waals surface area contributed by atoms with Crippen LogP contribution in [0.1, 0.15) is 53.6 Å². The van der Waals surface area contributed by atoms with Gasteiger partial charge in [0.2, 0.25) is 15.9 Å². The molecule has 2 rings (SSSR count). The van der Waals surface area contributed by atoms with Crippen molar-refractivity contribution in [3.63, 3.8) is 0 Å². The molecule has 0 unspecified atom stereocenters. The summed E-state index contributed by atoms with van der Waals surface area (Å²) in [6.07, 6.45) is 1.93.